The van der Waals surface area contributed by atoms with Gasteiger partial charge in [-0.15, -0.1) is 0 Å². The SMILES string of the molecule is CC1=CC(N=[N+]=[N-])(c2ccccc2)c2ccccc2C1=O. The number of benzene rings is 2. The Hall–Kier alpha value is -2.84. The number of ketones is 1. The predicted octanol–water partition coefficient (Wildman–Crippen LogP) is 4.38. The van der Waals surface area contributed by atoms with Crippen molar-refractivity contribution in [1.82, 2.24) is 0 Å². The van der Waals surface area contributed by atoms with Gasteiger partial charge in [-0.2, -0.15) is 0 Å². The molecule has 4 heteroatoms. The number of allylic oxidation sites excluding steroid dienone is 1. The number of azide groups is 1. The van der Waals surface area contributed by atoms with Crippen LogP contribution in [0.25, 0.3) is 10.4 Å². The van der Waals surface area contributed by atoms with Crippen molar-refractivity contribution >= 4 is 5.78 Å². The molecule has 1 atom stereocenters. The van der Waals surface area contributed by atoms with Gasteiger partial charge in [0.15, 0.2) is 5.78 Å². The van der Waals surface area contributed by atoms with Gasteiger partial charge in [0.05, 0.1) is 0 Å². The van der Waals surface area contributed by atoms with Gasteiger partial charge in [0, 0.05) is 10.5 Å². The van der Waals surface area contributed by atoms with E-state index >= 15 is 0 Å². The van der Waals surface area contributed by atoms with Gasteiger partial charge in [-0.25, -0.2) is 0 Å². The van der Waals surface area contributed by atoms with Crippen molar-refractivity contribution in [3.8, 4) is 0 Å². The lowest BCUT2D eigenvalue weighted by atomic mass is 9.74. The molecule has 4 nitrogen and oxygen atoms in total. The summed E-state index contributed by atoms with van der Waals surface area (Å²) < 4.78 is 0. The van der Waals surface area contributed by atoms with Crippen LogP contribution in [0.1, 0.15) is 28.4 Å². The number of carbonyl (C=O) groups is 1. The molecular weight excluding hydrogens is 262 g/mol. The van der Waals surface area contributed by atoms with Gasteiger partial charge in [-0.3, -0.25) is 4.79 Å². The molecule has 0 spiro atoms. The second kappa shape index (κ2) is 4.93. The van der Waals surface area contributed by atoms with E-state index in [9.17, 15) is 4.79 Å². The van der Waals surface area contributed by atoms with E-state index in [0.717, 1.165) is 11.1 Å². The maximum atomic E-state index is 12.3. The number of hydrogen-bond donors (Lipinski definition) is 0. The van der Waals surface area contributed by atoms with Crippen molar-refractivity contribution in [3.05, 3.63) is 93.4 Å². The first-order valence-electron chi connectivity index (χ1n) is 6.64. The molecule has 1 unspecified atom stereocenters. The lowest BCUT2D eigenvalue weighted by molar-refractivity contribution is 0.102. The first-order chi connectivity index (χ1) is 10.2. The molecule has 0 aromatic heterocycles. The van der Waals surface area contributed by atoms with E-state index in [-0.39, 0.29) is 5.78 Å². The van der Waals surface area contributed by atoms with Crippen LogP contribution < -0.4 is 0 Å². The normalized spacial score (nSPS) is 20.2. The molecule has 1 aliphatic rings. The molecule has 0 amide bonds. The van der Waals surface area contributed by atoms with Crippen LogP contribution >= 0.6 is 0 Å². The summed E-state index contributed by atoms with van der Waals surface area (Å²) in [7, 11) is 0. The van der Waals surface area contributed by atoms with Crippen LogP contribution in [-0.2, 0) is 5.54 Å². The molecule has 0 radical (unpaired) electrons. The third-order valence-corrected chi connectivity index (χ3v) is 3.78. The molecule has 0 saturated heterocycles. The number of rotatable bonds is 2. The van der Waals surface area contributed by atoms with Crippen LogP contribution in [0, 0.1) is 0 Å². The largest absolute Gasteiger partial charge is 0.289 e. The van der Waals surface area contributed by atoms with Gasteiger partial charge in [0.1, 0.15) is 5.54 Å². The lowest BCUT2D eigenvalue weighted by Gasteiger charge is -2.32. The summed E-state index contributed by atoms with van der Waals surface area (Å²) in [6, 6.07) is 16.8. The summed E-state index contributed by atoms with van der Waals surface area (Å²) in [5.74, 6) is -0.0229. The summed E-state index contributed by atoms with van der Waals surface area (Å²) in [4.78, 5) is 15.4. The quantitative estimate of drug-likeness (QED) is 0.455. The summed E-state index contributed by atoms with van der Waals surface area (Å²) in [6.07, 6.45) is 1.76. The topological polar surface area (TPSA) is 65.8 Å². The zero-order valence-electron chi connectivity index (χ0n) is 11.5. The second-order valence-electron chi connectivity index (χ2n) is 5.02. The van der Waals surface area contributed by atoms with Gasteiger partial charge in [0.25, 0.3) is 0 Å². The summed E-state index contributed by atoms with van der Waals surface area (Å²) >= 11 is 0. The minimum absolute atomic E-state index is 0.0229. The van der Waals surface area contributed by atoms with Crippen molar-refractivity contribution in [3.63, 3.8) is 0 Å². The molecule has 102 valence electrons. The molecule has 0 saturated carbocycles. The second-order valence-corrected chi connectivity index (χ2v) is 5.02. The minimum Gasteiger partial charge on any atom is -0.289 e. The van der Waals surface area contributed by atoms with Crippen LogP contribution in [0.5, 0.6) is 0 Å². The number of Topliss-reactive ketones (excluding diaryl/α,β-unsaturated/α-hetero) is 1. The monoisotopic (exact) mass is 275 g/mol. The van der Waals surface area contributed by atoms with Crippen LogP contribution in [0.15, 0.2) is 71.4 Å². The van der Waals surface area contributed by atoms with Gasteiger partial charge in [-0.1, -0.05) is 65.8 Å². The molecule has 0 aliphatic heterocycles. The van der Waals surface area contributed by atoms with E-state index in [2.05, 4.69) is 10.0 Å². The van der Waals surface area contributed by atoms with Crippen LogP contribution in [0.3, 0.4) is 0 Å². The highest BCUT2D eigenvalue weighted by Gasteiger charge is 2.38. The van der Waals surface area contributed by atoms with Gasteiger partial charge >= 0.3 is 0 Å². The number of carbonyl (C=O) groups excluding carboxylic acids is 1. The Bertz CT molecular complexity index is 789. The highest BCUT2D eigenvalue weighted by atomic mass is 16.1. The van der Waals surface area contributed by atoms with Crippen LogP contribution in [0.2, 0.25) is 0 Å². The molecule has 0 N–H and O–H groups in total. The average Bonchev–Trinajstić information content (AvgIpc) is 2.53. The Balaban J connectivity index is 2.40. The molecule has 2 aromatic rings. The van der Waals surface area contributed by atoms with E-state index in [4.69, 9.17) is 5.53 Å². The van der Waals surface area contributed by atoms with Gasteiger partial charge < -0.3 is 0 Å². The van der Waals surface area contributed by atoms with Crippen molar-refractivity contribution in [2.75, 3.05) is 0 Å². The first kappa shape index (κ1) is 13.2. The molecule has 0 fully saturated rings. The fourth-order valence-corrected chi connectivity index (χ4v) is 2.82. The molecule has 21 heavy (non-hydrogen) atoms. The molecule has 1 aliphatic carbocycles. The lowest BCUT2D eigenvalue weighted by Crippen LogP contribution is -2.30. The maximum Gasteiger partial charge on any atom is 0.188 e. The fourth-order valence-electron chi connectivity index (χ4n) is 2.82. The third-order valence-electron chi connectivity index (χ3n) is 3.78. The highest BCUT2D eigenvalue weighted by molar-refractivity contribution is 6.11. The zero-order chi connectivity index (χ0) is 14.9. The average molecular weight is 275 g/mol. The molecule has 0 bridgehead atoms. The zero-order valence-corrected chi connectivity index (χ0v) is 11.5. The van der Waals surface area contributed by atoms with Gasteiger partial charge in [0.2, 0.25) is 0 Å². The summed E-state index contributed by atoms with van der Waals surface area (Å²) in [6.45, 7) is 1.75. The number of nitrogens with zero attached hydrogens (tertiary/aromatic N) is 3. The van der Waals surface area contributed by atoms with E-state index in [0.29, 0.717) is 11.1 Å². The van der Waals surface area contributed by atoms with E-state index in [1.807, 2.05) is 48.5 Å². The maximum absolute atomic E-state index is 12.3. The van der Waals surface area contributed by atoms with E-state index in [1.165, 1.54) is 0 Å². The smallest absolute Gasteiger partial charge is 0.188 e. The Morgan fingerprint density at radius 1 is 1.05 bits per heavy atom. The molecule has 2 aromatic carbocycles. The van der Waals surface area contributed by atoms with Crippen molar-refractivity contribution < 1.29 is 4.79 Å². The Kier molecular flexibility index (Phi) is 3.09. The van der Waals surface area contributed by atoms with Gasteiger partial charge in [-0.05, 0) is 29.2 Å². The molecule has 0 heterocycles. The van der Waals surface area contributed by atoms with E-state index in [1.54, 1.807) is 19.1 Å². The van der Waals surface area contributed by atoms with E-state index < -0.39 is 5.54 Å². The summed E-state index contributed by atoms with van der Waals surface area (Å²) in [5, 5.41) is 4.06. The highest BCUT2D eigenvalue weighted by Crippen LogP contribution is 2.42. The minimum atomic E-state index is -0.968. The molecular formula is C17H13N3O. The first-order valence-corrected chi connectivity index (χ1v) is 6.64. The van der Waals surface area contributed by atoms with Crippen molar-refractivity contribution in [1.29, 1.82) is 0 Å². The third kappa shape index (κ3) is 1.93. The Labute approximate surface area is 122 Å². The Morgan fingerprint density at radius 3 is 2.43 bits per heavy atom. The van der Waals surface area contributed by atoms with Crippen molar-refractivity contribution in [2.24, 2.45) is 5.11 Å². The number of fused-ring (bicyclic) bond motifs is 1. The number of hydrogen-bond acceptors (Lipinski definition) is 2. The summed E-state index contributed by atoms with van der Waals surface area (Å²) in [5.41, 5.74) is 10.9. The van der Waals surface area contributed by atoms with Crippen LogP contribution in [-0.4, -0.2) is 5.78 Å². The van der Waals surface area contributed by atoms with Crippen molar-refractivity contribution in [2.45, 2.75) is 12.5 Å². The Morgan fingerprint density at radius 2 is 1.71 bits per heavy atom. The molecule has 3 rings (SSSR count). The fraction of sp³-hybridized carbons (Fsp3) is 0.118. The predicted molar refractivity (Wildman–Crippen MR) is 80.9 cm³/mol. The van der Waals surface area contributed by atoms with Crippen LogP contribution in [0.4, 0.5) is 0 Å². The standard InChI is InChI=1S/C17H13N3O/c1-12-11-17(19-20-18,13-7-3-2-4-8-13)15-10-6-5-9-14(15)16(12)21/h2-11H,1H3.